The van der Waals surface area contributed by atoms with Crippen molar-refractivity contribution in [3.63, 3.8) is 0 Å². The number of hydrogen-bond donors (Lipinski definition) is 0. The van der Waals surface area contributed by atoms with Crippen LogP contribution in [0.25, 0.3) is 0 Å². The van der Waals surface area contributed by atoms with Crippen LogP contribution in [0.4, 0.5) is 0 Å². The lowest BCUT2D eigenvalue weighted by atomic mass is 9.88. The van der Waals surface area contributed by atoms with Crippen LogP contribution in [-0.2, 0) is 66.6 Å². The van der Waals surface area contributed by atoms with E-state index in [0.717, 1.165) is 27.7 Å². The Labute approximate surface area is 270 Å². The molecule has 0 saturated carbocycles. The van der Waals surface area contributed by atoms with Crippen LogP contribution < -0.4 is 0 Å². The summed E-state index contributed by atoms with van der Waals surface area (Å²) in [6.07, 6.45) is -4.56. The zero-order chi connectivity index (χ0) is 34.2. The van der Waals surface area contributed by atoms with Gasteiger partial charge in [0.25, 0.3) is 0 Å². The predicted molar refractivity (Wildman–Crippen MR) is 154 cm³/mol. The molecule has 1 aromatic rings. The van der Waals surface area contributed by atoms with E-state index in [1.54, 1.807) is 42.5 Å². The highest BCUT2D eigenvalue weighted by molar-refractivity contribution is 5.89. The van der Waals surface area contributed by atoms with Gasteiger partial charge in [-0.1, -0.05) is 18.2 Å². The lowest BCUT2D eigenvalue weighted by molar-refractivity contribution is -0.342. The molecule has 0 N–H and O–H groups in total. The molecule has 1 aromatic carbocycles. The molecule has 3 aliphatic rings. The molecule has 1 aliphatic carbocycles. The van der Waals surface area contributed by atoms with Crippen LogP contribution in [0.15, 0.2) is 54.3 Å². The maximum absolute atomic E-state index is 13.0. The molecule has 0 bridgehead atoms. The SMILES string of the molecule is CC(=O)OCC1=CC(OC(=O)c2ccccc2)C2C=COC(OC3OC(COC(C)=O)C(OC(C)=O)C(OC(C)=O)C3OC(C)=O)C12. The summed E-state index contributed by atoms with van der Waals surface area (Å²) in [5.41, 5.74) is 0.822. The van der Waals surface area contributed by atoms with Crippen LogP contribution in [0.2, 0.25) is 0 Å². The summed E-state index contributed by atoms with van der Waals surface area (Å²) in [5.74, 6) is -5.50. The Morgan fingerprint density at radius 3 is 1.94 bits per heavy atom. The minimum atomic E-state index is -1.55. The van der Waals surface area contributed by atoms with E-state index >= 15 is 0 Å². The van der Waals surface area contributed by atoms with Crippen LogP contribution in [0.5, 0.6) is 0 Å². The molecule has 2 aliphatic heterocycles. The fourth-order valence-electron chi connectivity index (χ4n) is 5.52. The molecule has 15 nitrogen and oxygen atoms in total. The Kier molecular flexibility index (Phi) is 11.7. The molecule has 9 unspecified atom stereocenters. The van der Waals surface area contributed by atoms with Crippen molar-refractivity contribution in [1.82, 2.24) is 0 Å². The molecule has 0 spiro atoms. The Bertz CT molecular complexity index is 1400. The lowest BCUT2D eigenvalue weighted by Gasteiger charge is -2.45. The zero-order valence-electron chi connectivity index (χ0n) is 26.4. The molecule has 0 radical (unpaired) electrons. The molecule has 1 fully saturated rings. The van der Waals surface area contributed by atoms with E-state index in [-0.39, 0.29) is 6.61 Å². The van der Waals surface area contributed by atoms with Gasteiger partial charge in [-0.05, 0) is 29.9 Å². The van der Waals surface area contributed by atoms with E-state index in [2.05, 4.69) is 0 Å². The lowest BCUT2D eigenvalue weighted by Crippen LogP contribution is -2.63. The molecular weight excluding hydrogens is 624 g/mol. The Morgan fingerprint density at radius 2 is 1.32 bits per heavy atom. The first-order valence-corrected chi connectivity index (χ1v) is 14.7. The number of fused-ring (bicyclic) bond motifs is 1. The van der Waals surface area contributed by atoms with Crippen molar-refractivity contribution < 1.29 is 71.4 Å². The van der Waals surface area contributed by atoms with Crippen molar-refractivity contribution in [2.24, 2.45) is 11.8 Å². The van der Waals surface area contributed by atoms with Crippen molar-refractivity contribution in [3.05, 3.63) is 59.9 Å². The maximum Gasteiger partial charge on any atom is 0.338 e. The molecule has 15 heteroatoms. The van der Waals surface area contributed by atoms with Crippen LogP contribution in [0, 0.1) is 11.8 Å². The van der Waals surface area contributed by atoms with Gasteiger partial charge in [0.15, 0.2) is 18.3 Å². The Morgan fingerprint density at radius 1 is 0.702 bits per heavy atom. The highest BCUT2D eigenvalue weighted by atomic mass is 16.8. The van der Waals surface area contributed by atoms with E-state index in [4.69, 9.17) is 42.6 Å². The first kappa shape index (κ1) is 35.1. The summed E-state index contributed by atoms with van der Waals surface area (Å²) in [7, 11) is 0. The standard InChI is InChI=1S/C32H36O15/c1-16(33)40-14-22-13-24(45-30(38)21-9-7-6-8-10-21)23-11-12-39-31(26(22)23)47-32-29(44-20(5)37)28(43-19(4)36)27(42-18(3)35)25(46-32)15-41-17(2)34/h6-13,23-29,31-32H,14-15H2,1-5H3. The second kappa shape index (κ2) is 15.7. The average Bonchev–Trinajstić information content (AvgIpc) is 3.35. The van der Waals surface area contributed by atoms with Crippen LogP contribution >= 0.6 is 0 Å². The van der Waals surface area contributed by atoms with Gasteiger partial charge < -0.3 is 42.6 Å². The molecule has 47 heavy (non-hydrogen) atoms. The van der Waals surface area contributed by atoms with Crippen LogP contribution in [0.1, 0.15) is 45.0 Å². The summed E-state index contributed by atoms with van der Waals surface area (Å²) < 4.78 is 50.8. The molecule has 0 aromatic heterocycles. The summed E-state index contributed by atoms with van der Waals surface area (Å²) in [6.45, 7) is 5.06. The minimum absolute atomic E-state index is 0.189. The first-order chi connectivity index (χ1) is 22.3. The Hall–Kier alpha value is -4.76. The van der Waals surface area contributed by atoms with Crippen molar-refractivity contribution in [3.8, 4) is 0 Å². The van der Waals surface area contributed by atoms with E-state index in [1.165, 1.54) is 13.2 Å². The number of rotatable bonds is 11. The number of benzene rings is 1. The fourth-order valence-corrected chi connectivity index (χ4v) is 5.52. The van der Waals surface area contributed by atoms with Crippen LogP contribution in [0.3, 0.4) is 0 Å². The largest absolute Gasteiger partial charge is 0.472 e. The quantitative estimate of drug-likeness (QED) is 0.190. The second-order valence-corrected chi connectivity index (χ2v) is 10.9. The van der Waals surface area contributed by atoms with E-state index < -0.39 is 97.4 Å². The van der Waals surface area contributed by atoms with Crippen molar-refractivity contribution in [2.45, 2.75) is 77.7 Å². The molecule has 9 atom stereocenters. The predicted octanol–water partition coefficient (Wildman–Crippen LogP) is 1.92. The summed E-state index contributed by atoms with van der Waals surface area (Å²) >= 11 is 0. The average molecular weight is 661 g/mol. The molecule has 2 heterocycles. The van der Waals surface area contributed by atoms with Gasteiger partial charge in [0.2, 0.25) is 12.6 Å². The third-order valence-corrected chi connectivity index (χ3v) is 7.32. The zero-order valence-corrected chi connectivity index (χ0v) is 26.4. The fraction of sp³-hybridized carbons (Fsp3) is 0.500. The van der Waals surface area contributed by atoms with Crippen molar-refractivity contribution >= 4 is 35.8 Å². The van der Waals surface area contributed by atoms with Gasteiger partial charge in [0.1, 0.15) is 25.4 Å². The summed E-state index contributed by atoms with van der Waals surface area (Å²) in [5, 5.41) is 0. The smallest absolute Gasteiger partial charge is 0.338 e. The third-order valence-electron chi connectivity index (χ3n) is 7.32. The van der Waals surface area contributed by atoms with E-state index in [0.29, 0.717) is 11.1 Å². The van der Waals surface area contributed by atoms with Gasteiger partial charge in [0, 0.05) is 40.5 Å². The van der Waals surface area contributed by atoms with E-state index in [1.807, 2.05) is 0 Å². The Balaban J connectivity index is 1.66. The molecule has 254 valence electrons. The number of ether oxygens (including phenoxy) is 9. The van der Waals surface area contributed by atoms with Gasteiger partial charge in [-0.2, -0.15) is 0 Å². The molecule has 4 rings (SSSR count). The highest BCUT2D eigenvalue weighted by Crippen LogP contribution is 2.43. The summed E-state index contributed by atoms with van der Waals surface area (Å²) in [4.78, 5) is 72.9. The van der Waals surface area contributed by atoms with Gasteiger partial charge >= 0.3 is 35.8 Å². The number of carbonyl (C=O) groups is 6. The molecular formula is C32H36O15. The number of hydrogen-bond acceptors (Lipinski definition) is 15. The summed E-state index contributed by atoms with van der Waals surface area (Å²) in [6, 6.07) is 8.36. The maximum atomic E-state index is 13.0. The third kappa shape index (κ3) is 9.16. The first-order valence-electron chi connectivity index (χ1n) is 14.7. The van der Waals surface area contributed by atoms with Crippen molar-refractivity contribution in [2.75, 3.05) is 13.2 Å². The van der Waals surface area contributed by atoms with Gasteiger partial charge in [0.05, 0.1) is 17.7 Å². The van der Waals surface area contributed by atoms with Crippen LogP contribution in [-0.4, -0.2) is 92.1 Å². The topological polar surface area (TPSA) is 185 Å². The van der Waals surface area contributed by atoms with Gasteiger partial charge in [-0.15, -0.1) is 0 Å². The molecule has 0 amide bonds. The second-order valence-electron chi connectivity index (χ2n) is 10.9. The van der Waals surface area contributed by atoms with Crippen molar-refractivity contribution in [1.29, 1.82) is 0 Å². The van der Waals surface area contributed by atoms with Gasteiger partial charge in [-0.3, -0.25) is 24.0 Å². The number of esters is 6. The normalized spacial score (nSPS) is 29.2. The highest BCUT2D eigenvalue weighted by Gasteiger charge is 2.55. The monoisotopic (exact) mass is 660 g/mol. The van der Waals surface area contributed by atoms with Gasteiger partial charge in [-0.25, -0.2) is 4.79 Å². The minimum Gasteiger partial charge on any atom is -0.472 e. The number of carbonyl (C=O) groups excluding carboxylic acids is 6. The van der Waals surface area contributed by atoms with E-state index in [9.17, 15) is 28.8 Å². The molecule has 1 saturated heterocycles.